The molecule has 0 saturated carbocycles. The molecule has 1 N–H and O–H groups in total. The molecule has 0 amide bonds. The molecular weight excluding hydrogens is 220 g/mol. The van der Waals surface area contributed by atoms with Gasteiger partial charge in [-0.1, -0.05) is 0 Å². The summed E-state index contributed by atoms with van der Waals surface area (Å²) in [7, 11) is 0. The second kappa shape index (κ2) is 3.82. The molecule has 15 heavy (non-hydrogen) atoms. The van der Waals surface area contributed by atoms with Gasteiger partial charge in [0, 0.05) is 11.8 Å². The van der Waals surface area contributed by atoms with Gasteiger partial charge in [0.25, 0.3) is 0 Å². The lowest BCUT2D eigenvalue weighted by Crippen LogP contribution is -1.93. The van der Waals surface area contributed by atoms with E-state index in [0.29, 0.717) is 5.56 Å². The van der Waals surface area contributed by atoms with Gasteiger partial charge in [-0.15, -0.1) is 0 Å². The summed E-state index contributed by atoms with van der Waals surface area (Å²) in [6.07, 6.45) is 3.36. The lowest BCUT2D eigenvalue weighted by atomic mass is 10.2. The SMILES string of the molecule is Fc1cncc(-c2[nH]c(=S)ncc2F)c1. The number of pyridine rings is 1. The van der Waals surface area contributed by atoms with Crippen molar-refractivity contribution < 1.29 is 8.78 Å². The van der Waals surface area contributed by atoms with Gasteiger partial charge < -0.3 is 4.98 Å². The van der Waals surface area contributed by atoms with E-state index in [1.54, 1.807) is 0 Å². The van der Waals surface area contributed by atoms with Gasteiger partial charge in [0.15, 0.2) is 10.6 Å². The predicted molar refractivity (Wildman–Crippen MR) is 52.6 cm³/mol. The third-order valence-electron chi connectivity index (χ3n) is 1.76. The molecule has 0 atom stereocenters. The Labute approximate surface area is 88.8 Å². The van der Waals surface area contributed by atoms with E-state index in [0.717, 1.165) is 18.5 Å². The van der Waals surface area contributed by atoms with Crippen molar-refractivity contribution in [3.63, 3.8) is 0 Å². The third-order valence-corrected chi connectivity index (χ3v) is 1.97. The Morgan fingerprint density at radius 2 is 2.00 bits per heavy atom. The average molecular weight is 225 g/mol. The van der Waals surface area contributed by atoms with Crippen LogP contribution in [-0.2, 0) is 0 Å². The number of hydrogen-bond donors (Lipinski definition) is 1. The molecule has 2 aromatic rings. The van der Waals surface area contributed by atoms with Crippen LogP contribution < -0.4 is 0 Å². The quantitative estimate of drug-likeness (QED) is 0.758. The van der Waals surface area contributed by atoms with Crippen molar-refractivity contribution in [1.29, 1.82) is 0 Å². The molecule has 0 aliphatic carbocycles. The van der Waals surface area contributed by atoms with Crippen LogP contribution in [0.15, 0.2) is 24.7 Å². The maximum atomic E-state index is 13.3. The second-order valence-electron chi connectivity index (χ2n) is 2.80. The molecule has 2 rings (SSSR count). The fraction of sp³-hybridized carbons (Fsp3) is 0. The lowest BCUT2D eigenvalue weighted by molar-refractivity contribution is 0.612. The Bertz CT molecular complexity index is 553. The maximum absolute atomic E-state index is 13.3. The van der Waals surface area contributed by atoms with Gasteiger partial charge in [-0.25, -0.2) is 13.8 Å². The Kier molecular flexibility index (Phi) is 2.51. The van der Waals surface area contributed by atoms with Crippen LogP contribution in [0.25, 0.3) is 11.3 Å². The smallest absolute Gasteiger partial charge is 0.197 e. The Hall–Kier alpha value is -1.69. The van der Waals surface area contributed by atoms with Crippen LogP contribution >= 0.6 is 12.2 Å². The highest BCUT2D eigenvalue weighted by Crippen LogP contribution is 2.18. The predicted octanol–water partition coefficient (Wildman–Crippen LogP) is 2.48. The molecule has 0 unspecified atom stereocenters. The molecule has 0 radical (unpaired) electrons. The summed E-state index contributed by atoms with van der Waals surface area (Å²) < 4.78 is 26.3. The van der Waals surface area contributed by atoms with E-state index in [1.807, 2.05) is 0 Å². The van der Waals surface area contributed by atoms with Gasteiger partial charge in [-0.2, -0.15) is 0 Å². The summed E-state index contributed by atoms with van der Waals surface area (Å²) in [4.78, 5) is 9.71. The molecule has 2 heterocycles. The van der Waals surface area contributed by atoms with Crippen molar-refractivity contribution in [2.45, 2.75) is 0 Å². The summed E-state index contributed by atoms with van der Waals surface area (Å²) >= 11 is 4.74. The Morgan fingerprint density at radius 1 is 1.20 bits per heavy atom. The van der Waals surface area contributed by atoms with Gasteiger partial charge in [0.1, 0.15) is 5.82 Å². The van der Waals surface area contributed by atoms with Crippen LogP contribution in [0.5, 0.6) is 0 Å². The number of rotatable bonds is 1. The average Bonchev–Trinajstić information content (AvgIpc) is 2.22. The number of hydrogen-bond acceptors (Lipinski definition) is 3. The van der Waals surface area contributed by atoms with Crippen LogP contribution in [0.2, 0.25) is 0 Å². The largest absolute Gasteiger partial charge is 0.328 e. The molecule has 0 bridgehead atoms. The first-order chi connectivity index (χ1) is 7.16. The van der Waals surface area contributed by atoms with Crippen molar-refractivity contribution in [2.75, 3.05) is 0 Å². The highest BCUT2D eigenvalue weighted by Gasteiger charge is 2.06. The monoisotopic (exact) mass is 225 g/mol. The van der Waals surface area contributed by atoms with Crippen LogP contribution in [0.1, 0.15) is 0 Å². The van der Waals surface area contributed by atoms with E-state index >= 15 is 0 Å². The number of aromatic nitrogens is 3. The normalized spacial score (nSPS) is 10.3. The number of nitrogens with zero attached hydrogens (tertiary/aromatic N) is 2. The lowest BCUT2D eigenvalue weighted by Gasteiger charge is -2.02. The molecule has 76 valence electrons. The molecule has 0 saturated heterocycles. The molecule has 0 aliphatic heterocycles. The van der Waals surface area contributed by atoms with Gasteiger partial charge in [-0.05, 0) is 18.3 Å². The fourth-order valence-corrected chi connectivity index (χ4v) is 1.29. The summed E-state index contributed by atoms with van der Waals surface area (Å²) in [6.45, 7) is 0. The van der Waals surface area contributed by atoms with Crippen molar-refractivity contribution in [1.82, 2.24) is 15.0 Å². The number of halogens is 2. The summed E-state index contributed by atoms with van der Waals surface area (Å²) in [5, 5.41) is 0. The highest BCUT2D eigenvalue weighted by molar-refractivity contribution is 7.71. The third kappa shape index (κ3) is 2.04. The summed E-state index contributed by atoms with van der Waals surface area (Å²) in [6, 6.07) is 1.16. The van der Waals surface area contributed by atoms with Crippen LogP contribution in [0, 0.1) is 16.4 Å². The first-order valence-corrected chi connectivity index (χ1v) is 4.43. The van der Waals surface area contributed by atoms with E-state index in [2.05, 4.69) is 15.0 Å². The van der Waals surface area contributed by atoms with Crippen LogP contribution in [0.4, 0.5) is 8.78 Å². The molecular formula is C9H5F2N3S. The van der Waals surface area contributed by atoms with Gasteiger partial charge in [0.2, 0.25) is 0 Å². The maximum Gasteiger partial charge on any atom is 0.197 e. The minimum absolute atomic E-state index is 0.0852. The molecule has 0 spiro atoms. The summed E-state index contributed by atoms with van der Waals surface area (Å²) in [5.74, 6) is -1.14. The second-order valence-corrected chi connectivity index (χ2v) is 3.19. The molecule has 0 fully saturated rings. The van der Waals surface area contributed by atoms with Gasteiger partial charge in [-0.3, -0.25) is 4.98 Å². The summed E-state index contributed by atoms with van der Waals surface area (Å²) in [5.41, 5.74) is 0.378. The first kappa shape index (κ1) is 9.85. The molecule has 0 aliphatic rings. The van der Waals surface area contributed by atoms with Crippen LogP contribution in [0.3, 0.4) is 0 Å². The van der Waals surface area contributed by atoms with Gasteiger partial charge in [0.05, 0.1) is 18.1 Å². The number of H-pyrrole nitrogens is 1. The zero-order valence-electron chi connectivity index (χ0n) is 7.37. The Morgan fingerprint density at radius 3 is 2.73 bits per heavy atom. The van der Waals surface area contributed by atoms with Gasteiger partial charge >= 0.3 is 0 Å². The van der Waals surface area contributed by atoms with E-state index in [-0.39, 0.29) is 10.5 Å². The molecule has 2 aromatic heterocycles. The zero-order chi connectivity index (χ0) is 10.8. The Balaban J connectivity index is 2.63. The van der Waals surface area contributed by atoms with Crippen molar-refractivity contribution in [3.8, 4) is 11.3 Å². The first-order valence-electron chi connectivity index (χ1n) is 4.02. The molecule has 3 nitrogen and oxygen atoms in total. The van der Waals surface area contributed by atoms with E-state index in [9.17, 15) is 8.78 Å². The van der Waals surface area contributed by atoms with E-state index in [4.69, 9.17) is 12.2 Å². The van der Waals surface area contributed by atoms with Crippen LogP contribution in [-0.4, -0.2) is 15.0 Å². The van der Waals surface area contributed by atoms with Crippen molar-refractivity contribution in [3.05, 3.63) is 41.1 Å². The van der Waals surface area contributed by atoms with E-state index < -0.39 is 11.6 Å². The standard InChI is InChI=1S/C9H5F2N3S/c10-6-1-5(2-12-3-6)8-7(11)4-13-9(15)14-8/h1-4H,(H,13,14,15). The highest BCUT2D eigenvalue weighted by atomic mass is 32.1. The minimum Gasteiger partial charge on any atom is -0.328 e. The topological polar surface area (TPSA) is 41.6 Å². The zero-order valence-corrected chi connectivity index (χ0v) is 8.18. The molecule has 6 heteroatoms. The van der Waals surface area contributed by atoms with Crippen molar-refractivity contribution in [2.24, 2.45) is 0 Å². The number of aromatic amines is 1. The van der Waals surface area contributed by atoms with Crippen molar-refractivity contribution >= 4 is 12.2 Å². The fourth-order valence-electron chi connectivity index (χ4n) is 1.14. The number of nitrogens with one attached hydrogen (secondary N) is 1. The van der Waals surface area contributed by atoms with E-state index in [1.165, 1.54) is 6.20 Å². The minimum atomic E-state index is -0.601. The molecule has 0 aromatic carbocycles.